The van der Waals surface area contributed by atoms with Crippen molar-refractivity contribution in [3.05, 3.63) is 105 Å². The minimum Gasteiger partial charge on any atom is -0.253 e. The van der Waals surface area contributed by atoms with Gasteiger partial charge in [-0.05, 0) is 11.1 Å². The molecule has 2 heterocycles. The monoisotopic (exact) mass is 374 g/mol. The standard InChI is InChI=1S/C22H18N2S2/c1-3-7-15(8-4-1)19-21(17-11-23-13-25-17)20(16-9-5-2-6-10-16)22(19)18-12-24-14-26-18/h1-14,19-22H. The van der Waals surface area contributed by atoms with E-state index in [4.69, 9.17) is 0 Å². The zero-order valence-corrected chi connectivity index (χ0v) is 15.7. The van der Waals surface area contributed by atoms with Crippen LogP contribution in [0.1, 0.15) is 44.6 Å². The smallest absolute Gasteiger partial charge is 0.0794 e. The van der Waals surface area contributed by atoms with Crippen LogP contribution >= 0.6 is 22.7 Å². The van der Waals surface area contributed by atoms with Crippen molar-refractivity contribution in [3.8, 4) is 0 Å². The fourth-order valence-electron chi connectivity index (χ4n) is 4.42. The maximum Gasteiger partial charge on any atom is 0.0794 e. The van der Waals surface area contributed by atoms with Crippen molar-refractivity contribution in [2.75, 3.05) is 0 Å². The van der Waals surface area contributed by atoms with Crippen LogP contribution in [0.5, 0.6) is 0 Å². The van der Waals surface area contributed by atoms with Gasteiger partial charge >= 0.3 is 0 Å². The van der Waals surface area contributed by atoms with Crippen LogP contribution in [0.2, 0.25) is 0 Å². The van der Waals surface area contributed by atoms with Gasteiger partial charge in [0.05, 0.1) is 11.0 Å². The van der Waals surface area contributed by atoms with E-state index in [2.05, 4.69) is 83.0 Å². The zero-order chi connectivity index (χ0) is 17.3. The van der Waals surface area contributed by atoms with Crippen molar-refractivity contribution >= 4 is 22.7 Å². The molecule has 0 amide bonds. The number of hydrogen-bond donors (Lipinski definition) is 0. The van der Waals surface area contributed by atoms with Crippen LogP contribution in [0.3, 0.4) is 0 Å². The van der Waals surface area contributed by atoms with Crippen LogP contribution in [0.4, 0.5) is 0 Å². The number of rotatable bonds is 4. The Bertz CT molecular complexity index is 860. The van der Waals surface area contributed by atoms with E-state index in [9.17, 15) is 0 Å². The zero-order valence-electron chi connectivity index (χ0n) is 14.1. The van der Waals surface area contributed by atoms with E-state index in [1.54, 1.807) is 22.7 Å². The van der Waals surface area contributed by atoms with Crippen LogP contribution in [0.15, 0.2) is 84.1 Å². The van der Waals surface area contributed by atoms with Gasteiger partial charge in [-0.1, -0.05) is 60.7 Å². The van der Waals surface area contributed by atoms with E-state index in [-0.39, 0.29) is 0 Å². The molecule has 0 radical (unpaired) electrons. The normalized spacial score (nSPS) is 24.9. The number of aromatic nitrogens is 2. The molecule has 1 aliphatic carbocycles. The highest BCUT2D eigenvalue weighted by Gasteiger charge is 2.53. The van der Waals surface area contributed by atoms with Gasteiger partial charge in [-0.15, -0.1) is 22.7 Å². The van der Waals surface area contributed by atoms with Crippen molar-refractivity contribution in [2.45, 2.75) is 23.7 Å². The van der Waals surface area contributed by atoms with Gasteiger partial charge in [0.2, 0.25) is 0 Å². The van der Waals surface area contributed by atoms with E-state index >= 15 is 0 Å². The minimum atomic E-state index is 0.458. The van der Waals surface area contributed by atoms with E-state index in [0.717, 1.165) is 0 Å². The Morgan fingerprint density at radius 2 is 0.962 bits per heavy atom. The van der Waals surface area contributed by atoms with Crippen molar-refractivity contribution in [1.82, 2.24) is 9.97 Å². The lowest BCUT2D eigenvalue weighted by Crippen LogP contribution is -2.39. The average molecular weight is 375 g/mol. The van der Waals surface area contributed by atoms with Crippen LogP contribution in [0.25, 0.3) is 0 Å². The van der Waals surface area contributed by atoms with Crippen molar-refractivity contribution in [1.29, 1.82) is 0 Å². The first kappa shape index (κ1) is 15.9. The molecule has 1 saturated carbocycles. The number of benzene rings is 2. The molecule has 128 valence electrons. The van der Waals surface area contributed by atoms with E-state index in [1.165, 1.54) is 20.9 Å². The Labute approximate surface area is 161 Å². The third-order valence-corrected chi connectivity index (χ3v) is 7.23. The third-order valence-electron chi connectivity index (χ3n) is 5.48. The summed E-state index contributed by atoms with van der Waals surface area (Å²) in [7, 11) is 0. The maximum absolute atomic E-state index is 4.38. The van der Waals surface area contributed by atoms with E-state index in [1.807, 2.05) is 11.0 Å². The molecule has 2 nitrogen and oxygen atoms in total. The second-order valence-electron chi connectivity index (χ2n) is 6.73. The first-order valence-corrected chi connectivity index (χ1v) is 10.6. The molecule has 0 saturated heterocycles. The van der Waals surface area contributed by atoms with Crippen molar-refractivity contribution in [2.24, 2.45) is 0 Å². The lowest BCUT2D eigenvalue weighted by molar-refractivity contribution is 0.235. The van der Waals surface area contributed by atoms with Gasteiger partial charge in [0.15, 0.2) is 0 Å². The summed E-state index contributed by atoms with van der Waals surface area (Å²) in [4.78, 5) is 11.5. The van der Waals surface area contributed by atoms with Gasteiger partial charge in [-0.25, -0.2) is 0 Å². The minimum absolute atomic E-state index is 0.458. The molecule has 2 aromatic carbocycles. The summed E-state index contributed by atoms with van der Waals surface area (Å²) in [5.41, 5.74) is 6.74. The number of thiazole rings is 2. The number of hydrogen-bond acceptors (Lipinski definition) is 4. The fraction of sp³-hybridized carbons (Fsp3) is 0.182. The molecule has 1 aliphatic rings. The van der Waals surface area contributed by atoms with E-state index < -0.39 is 0 Å². The highest BCUT2D eigenvalue weighted by Crippen LogP contribution is 2.67. The second-order valence-corrected chi connectivity index (χ2v) is 8.57. The van der Waals surface area contributed by atoms with Gasteiger partial charge in [-0.2, -0.15) is 0 Å². The quantitative estimate of drug-likeness (QED) is 0.435. The molecule has 4 aromatic rings. The largest absolute Gasteiger partial charge is 0.253 e. The predicted molar refractivity (Wildman–Crippen MR) is 108 cm³/mol. The molecule has 1 fully saturated rings. The van der Waals surface area contributed by atoms with Gasteiger partial charge in [0.1, 0.15) is 0 Å². The Balaban J connectivity index is 1.66. The summed E-state index contributed by atoms with van der Waals surface area (Å²) in [6, 6.07) is 21.9. The summed E-state index contributed by atoms with van der Waals surface area (Å²) >= 11 is 3.56. The molecular formula is C22H18N2S2. The molecule has 5 rings (SSSR count). The third kappa shape index (κ3) is 2.61. The summed E-state index contributed by atoms with van der Waals surface area (Å²) in [6.07, 6.45) is 4.12. The summed E-state index contributed by atoms with van der Waals surface area (Å²) < 4.78 is 0. The molecule has 0 bridgehead atoms. The van der Waals surface area contributed by atoms with E-state index in [0.29, 0.717) is 23.7 Å². The SMILES string of the molecule is c1ccc(C2C(c3cncs3)C(c3ccccc3)C2c2cncs2)cc1. The molecule has 2 aromatic heterocycles. The second kappa shape index (κ2) is 6.78. The van der Waals surface area contributed by atoms with Gasteiger partial charge in [0, 0.05) is 45.8 Å². The fourth-order valence-corrected chi connectivity index (χ4v) is 6.05. The Morgan fingerprint density at radius 3 is 1.31 bits per heavy atom. The van der Waals surface area contributed by atoms with Crippen molar-refractivity contribution in [3.63, 3.8) is 0 Å². The lowest BCUT2D eigenvalue weighted by Gasteiger charge is -2.52. The maximum atomic E-state index is 4.38. The molecular weight excluding hydrogens is 356 g/mol. The highest BCUT2D eigenvalue weighted by molar-refractivity contribution is 7.10. The molecule has 0 spiro atoms. The first-order chi connectivity index (χ1) is 12.9. The number of nitrogens with zero attached hydrogens (tertiary/aromatic N) is 2. The Kier molecular flexibility index (Phi) is 4.15. The Morgan fingerprint density at radius 1 is 0.538 bits per heavy atom. The molecule has 4 heteroatoms. The van der Waals surface area contributed by atoms with Gasteiger partial charge in [-0.3, -0.25) is 9.97 Å². The average Bonchev–Trinajstić information content (AvgIpc) is 3.37. The lowest BCUT2D eigenvalue weighted by atomic mass is 9.52. The first-order valence-electron chi connectivity index (χ1n) is 8.80. The summed E-state index contributed by atoms with van der Waals surface area (Å²) in [5.74, 6) is 1.84. The molecule has 0 aliphatic heterocycles. The molecule has 0 unspecified atom stereocenters. The van der Waals surface area contributed by atoms with Crippen molar-refractivity contribution < 1.29 is 0 Å². The van der Waals surface area contributed by atoms with Crippen LogP contribution in [0, 0.1) is 0 Å². The van der Waals surface area contributed by atoms with Crippen LogP contribution < -0.4 is 0 Å². The molecule has 0 atom stereocenters. The summed E-state index contributed by atoms with van der Waals surface area (Å²) in [5, 5.41) is 0. The predicted octanol–water partition coefficient (Wildman–Crippen LogP) is 6.05. The topological polar surface area (TPSA) is 25.8 Å². The summed E-state index contributed by atoms with van der Waals surface area (Å²) in [6.45, 7) is 0. The van der Waals surface area contributed by atoms with Crippen LogP contribution in [-0.4, -0.2) is 9.97 Å². The molecule has 0 N–H and O–H groups in total. The van der Waals surface area contributed by atoms with Crippen LogP contribution in [-0.2, 0) is 0 Å². The van der Waals surface area contributed by atoms with Gasteiger partial charge < -0.3 is 0 Å². The highest BCUT2D eigenvalue weighted by atomic mass is 32.1. The van der Waals surface area contributed by atoms with Gasteiger partial charge in [0.25, 0.3) is 0 Å². The Hall–Kier alpha value is -2.30. The molecule has 26 heavy (non-hydrogen) atoms.